The second kappa shape index (κ2) is 5.57. The largest absolute Gasteiger partial charge is 0.300 e. The van der Waals surface area contributed by atoms with Gasteiger partial charge in [0.05, 0.1) is 0 Å². The Morgan fingerprint density at radius 2 is 1.47 bits per heavy atom. The maximum absolute atomic E-state index is 12.0. The van der Waals surface area contributed by atoms with Crippen LogP contribution in [0.4, 0.5) is 0 Å². The standard InChI is InChI=1S/C16H15NOS/c18-14-10-15(12-4-2-1-3-5-12)19-16(11-14)13-6-8-17-9-7-13/h1-9,15-16H,10-11H2. The number of aromatic nitrogens is 1. The van der Waals surface area contributed by atoms with Crippen LogP contribution in [0.5, 0.6) is 0 Å². The van der Waals surface area contributed by atoms with Gasteiger partial charge >= 0.3 is 0 Å². The summed E-state index contributed by atoms with van der Waals surface area (Å²) in [4.78, 5) is 16.0. The lowest BCUT2D eigenvalue weighted by molar-refractivity contribution is -0.119. The summed E-state index contributed by atoms with van der Waals surface area (Å²) >= 11 is 1.89. The van der Waals surface area contributed by atoms with Crippen LogP contribution in [0.3, 0.4) is 0 Å². The Kier molecular flexibility index (Phi) is 3.65. The van der Waals surface area contributed by atoms with Crippen LogP contribution in [-0.2, 0) is 4.79 Å². The number of benzene rings is 1. The molecule has 2 atom stereocenters. The van der Waals surface area contributed by atoms with Gasteiger partial charge in [0.15, 0.2) is 0 Å². The van der Waals surface area contributed by atoms with E-state index in [4.69, 9.17) is 0 Å². The fourth-order valence-corrected chi connectivity index (χ4v) is 4.02. The van der Waals surface area contributed by atoms with Crippen molar-refractivity contribution in [1.29, 1.82) is 0 Å². The van der Waals surface area contributed by atoms with Gasteiger partial charge in [0, 0.05) is 35.7 Å². The van der Waals surface area contributed by atoms with Crippen LogP contribution in [0.2, 0.25) is 0 Å². The molecule has 0 radical (unpaired) electrons. The predicted molar refractivity (Wildman–Crippen MR) is 78.0 cm³/mol. The number of rotatable bonds is 2. The first-order valence-electron chi connectivity index (χ1n) is 6.45. The highest BCUT2D eigenvalue weighted by molar-refractivity contribution is 7.99. The minimum absolute atomic E-state index is 0.259. The van der Waals surface area contributed by atoms with Crippen molar-refractivity contribution in [3.05, 3.63) is 66.0 Å². The zero-order chi connectivity index (χ0) is 13.1. The van der Waals surface area contributed by atoms with Gasteiger partial charge in [0.1, 0.15) is 5.78 Å². The van der Waals surface area contributed by atoms with E-state index in [0.717, 1.165) is 0 Å². The zero-order valence-corrected chi connectivity index (χ0v) is 11.3. The van der Waals surface area contributed by atoms with E-state index >= 15 is 0 Å². The molecule has 0 amide bonds. The Bertz CT molecular complexity index is 506. The van der Waals surface area contributed by atoms with Crippen LogP contribution in [-0.4, -0.2) is 10.8 Å². The monoisotopic (exact) mass is 269 g/mol. The molecular formula is C16H15NOS. The minimum atomic E-state index is 0.259. The van der Waals surface area contributed by atoms with E-state index in [-0.39, 0.29) is 10.5 Å². The molecule has 0 spiro atoms. The molecule has 2 heterocycles. The van der Waals surface area contributed by atoms with E-state index < -0.39 is 0 Å². The number of hydrogen-bond acceptors (Lipinski definition) is 3. The molecular weight excluding hydrogens is 254 g/mol. The van der Waals surface area contributed by atoms with Crippen molar-refractivity contribution in [2.45, 2.75) is 23.3 Å². The van der Waals surface area contributed by atoms with Gasteiger partial charge in [-0.15, -0.1) is 11.8 Å². The van der Waals surface area contributed by atoms with Crippen molar-refractivity contribution < 1.29 is 4.79 Å². The van der Waals surface area contributed by atoms with Crippen LogP contribution in [0.25, 0.3) is 0 Å². The molecule has 0 saturated carbocycles. The highest BCUT2D eigenvalue weighted by atomic mass is 32.2. The normalized spacial score (nSPS) is 23.3. The number of carbonyl (C=O) groups excluding carboxylic acids is 1. The number of nitrogens with zero attached hydrogens (tertiary/aromatic N) is 1. The average molecular weight is 269 g/mol. The Balaban J connectivity index is 1.84. The quantitative estimate of drug-likeness (QED) is 0.826. The number of thioether (sulfide) groups is 1. The highest BCUT2D eigenvalue weighted by Crippen LogP contribution is 2.48. The summed E-state index contributed by atoms with van der Waals surface area (Å²) < 4.78 is 0. The maximum Gasteiger partial charge on any atom is 0.135 e. The van der Waals surface area contributed by atoms with Gasteiger partial charge in [-0.2, -0.15) is 0 Å². The lowest BCUT2D eigenvalue weighted by Crippen LogP contribution is -2.15. The summed E-state index contributed by atoms with van der Waals surface area (Å²) in [7, 11) is 0. The maximum atomic E-state index is 12.0. The van der Waals surface area contributed by atoms with Crippen LogP contribution in [0.15, 0.2) is 54.9 Å². The first-order valence-corrected chi connectivity index (χ1v) is 7.39. The fourth-order valence-electron chi connectivity index (χ4n) is 2.43. The molecule has 3 heteroatoms. The number of Topliss-reactive ketones (excluding diaryl/α,β-unsaturated/α-hetero) is 1. The lowest BCUT2D eigenvalue weighted by Gasteiger charge is -2.28. The third-order valence-corrected chi connectivity index (χ3v) is 4.94. The Hall–Kier alpha value is -1.61. The average Bonchev–Trinajstić information content (AvgIpc) is 2.48. The van der Waals surface area contributed by atoms with E-state index in [1.54, 1.807) is 12.4 Å². The van der Waals surface area contributed by atoms with Crippen LogP contribution < -0.4 is 0 Å². The summed E-state index contributed by atoms with van der Waals surface area (Å²) in [5.41, 5.74) is 2.45. The molecule has 0 bridgehead atoms. The summed E-state index contributed by atoms with van der Waals surface area (Å²) in [5.74, 6) is 0.356. The SMILES string of the molecule is O=C1CC(c2ccccc2)SC(c2ccncc2)C1. The lowest BCUT2D eigenvalue weighted by atomic mass is 10.0. The molecule has 0 N–H and O–H groups in total. The van der Waals surface area contributed by atoms with E-state index in [1.165, 1.54) is 11.1 Å². The van der Waals surface area contributed by atoms with Gasteiger partial charge in [-0.05, 0) is 23.3 Å². The van der Waals surface area contributed by atoms with Gasteiger partial charge in [-0.25, -0.2) is 0 Å². The molecule has 2 unspecified atom stereocenters. The van der Waals surface area contributed by atoms with Gasteiger partial charge in [-0.1, -0.05) is 30.3 Å². The Morgan fingerprint density at radius 3 is 2.11 bits per heavy atom. The van der Waals surface area contributed by atoms with E-state index in [1.807, 2.05) is 42.1 Å². The molecule has 96 valence electrons. The van der Waals surface area contributed by atoms with E-state index in [2.05, 4.69) is 17.1 Å². The van der Waals surface area contributed by atoms with Crippen molar-refractivity contribution in [2.75, 3.05) is 0 Å². The third-order valence-electron chi connectivity index (χ3n) is 3.40. The van der Waals surface area contributed by atoms with Crippen molar-refractivity contribution in [3.63, 3.8) is 0 Å². The Morgan fingerprint density at radius 1 is 0.895 bits per heavy atom. The molecule has 1 aliphatic heterocycles. The first-order chi connectivity index (χ1) is 9.33. The summed E-state index contributed by atoms with van der Waals surface area (Å²) in [6.45, 7) is 0. The first kappa shape index (κ1) is 12.4. The van der Waals surface area contributed by atoms with Gasteiger partial charge in [0.25, 0.3) is 0 Å². The van der Waals surface area contributed by atoms with Gasteiger partial charge in [-0.3, -0.25) is 9.78 Å². The van der Waals surface area contributed by atoms with Gasteiger partial charge < -0.3 is 0 Å². The fraction of sp³-hybridized carbons (Fsp3) is 0.250. The van der Waals surface area contributed by atoms with Crippen LogP contribution >= 0.6 is 11.8 Å². The van der Waals surface area contributed by atoms with E-state index in [0.29, 0.717) is 18.6 Å². The molecule has 19 heavy (non-hydrogen) atoms. The molecule has 1 aliphatic rings. The molecule has 1 fully saturated rings. The smallest absolute Gasteiger partial charge is 0.135 e. The number of carbonyl (C=O) groups is 1. The second-order valence-corrected chi connectivity index (χ2v) is 6.16. The topological polar surface area (TPSA) is 30.0 Å². The van der Waals surface area contributed by atoms with Crippen molar-refractivity contribution in [2.24, 2.45) is 0 Å². The highest BCUT2D eigenvalue weighted by Gasteiger charge is 2.29. The summed E-state index contributed by atoms with van der Waals surface area (Å²) in [6, 6.07) is 14.3. The van der Waals surface area contributed by atoms with Gasteiger partial charge in [0.2, 0.25) is 0 Å². The summed E-state index contributed by atoms with van der Waals surface area (Å²) in [5, 5.41) is 0.537. The zero-order valence-electron chi connectivity index (χ0n) is 10.5. The Labute approximate surface area is 117 Å². The third kappa shape index (κ3) is 2.87. The number of pyridine rings is 1. The van der Waals surface area contributed by atoms with Crippen molar-refractivity contribution in [3.8, 4) is 0 Å². The number of ketones is 1. The summed E-state index contributed by atoms with van der Waals surface area (Å²) in [6.07, 6.45) is 4.88. The predicted octanol–water partition coefficient (Wildman–Crippen LogP) is 3.96. The van der Waals surface area contributed by atoms with Crippen molar-refractivity contribution in [1.82, 2.24) is 4.98 Å². The van der Waals surface area contributed by atoms with Crippen molar-refractivity contribution >= 4 is 17.5 Å². The van der Waals surface area contributed by atoms with E-state index in [9.17, 15) is 4.79 Å². The molecule has 1 aromatic heterocycles. The second-order valence-electron chi connectivity index (χ2n) is 4.75. The molecule has 1 aromatic carbocycles. The van der Waals surface area contributed by atoms with Crippen LogP contribution in [0, 0.1) is 0 Å². The molecule has 2 nitrogen and oxygen atoms in total. The number of hydrogen-bond donors (Lipinski definition) is 0. The molecule has 0 aliphatic carbocycles. The molecule has 3 rings (SSSR count). The molecule has 1 saturated heterocycles. The van der Waals surface area contributed by atoms with Crippen LogP contribution in [0.1, 0.15) is 34.5 Å². The minimum Gasteiger partial charge on any atom is -0.300 e. The molecule has 2 aromatic rings.